The summed E-state index contributed by atoms with van der Waals surface area (Å²) in [4.78, 5) is 0. The maximum Gasteiger partial charge on any atom is 0.124 e. The van der Waals surface area contributed by atoms with E-state index in [0.29, 0.717) is 13.2 Å². The van der Waals surface area contributed by atoms with E-state index in [9.17, 15) is 0 Å². The molecular formula is C10H14ClNO2. The fraction of sp³-hybridized carbons (Fsp3) is 0.400. The quantitative estimate of drug-likeness (QED) is 0.775. The number of methoxy groups -OCH3 is 1. The van der Waals surface area contributed by atoms with Crippen molar-refractivity contribution in [3.05, 3.63) is 29.3 Å². The van der Waals surface area contributed by atoms with Gasteiger partial charge in [0.05, 0.1) is 26.4 Å². The molecule has 0 radical (unpaired) electrons. The van der Waals surface area contributed by atoms with Gasteiger partial charge in [-0.1, -0.05) is 12.1 Å². The van der Waals surface area contributed by atoms with Gasteiger partial charge in [-0.15, -0.1) is 12.4 Å². The van der Waals surface area contributed by atoms with Gasteiger partial charge in [0.15, 0.2) is 0 Å². The minimum atomic E-state index is -0.0150. The van der Waals surface area contributed by atoms with Gasteiger partial charge in [0.2, 0.25) is 0 Å². The summed E-state index contributed by atoms with van der Waals surface area (Å²) in [5.41, 5.74) is 8.12. The average molecular weight is 216 g/mol. The largest absolute Gasteiger partial charge is 0.496 e. The number of hydrogen-bond donors (Lipinski definition) is 1. The molecule has 3 nitrogen and oxygen atoms in total. The van der Waals surface area contributed by atoms with E-state index in [0.717, 1.165) is 16.9 Å². The Labute approximate surface area is 89.6 Å². The molecule has 0 amide bonds. The van der Waals surface area contributed by atoms with Gasteiger partial charge in [0.25, 0.3) is 0 Å². The van der Waals surface area contributed by atoms with Crippen LogP contribution in [0.5, 0.6) is 5.75 Å². The predicted molar refractivity (Wildman–Crippen MR) is 56.8 cm³/mol. The van der Waals surface area contributed by atoms with Gasteiger partial charge >= 0.3 is 0 Å². The minimum absolute atomic E-state index is 0. The first-order chi connectivity index (χ1) is 6.33. The zero-order chi connectivity index (χ0) is 9.26. The van der Waals surface area contributed by atoms with E-state index < -0.39 is 0 Å². The van der Waals surface area contributed by atoms with Crippen LogP contribution < -0.4 is 10.5 Å². The highest BCUT2D eigenvalue weighted by atomic mass is 35.5. The number of fused-ring (bicyclic) bond motifs is 1. The second-order valence-corrected chi connectivity index (χ2v) is 3.15. The third-order valence-corrected chi connectivity index (χ3v) is 2.33. The van der Waals surface area contributed by atoms with Gasteiger partial charge in [-0.25, -0.2) is 0 Å². The topological polar surface area (TPSA) is 44.5 Å². The summed E-state index contributed by atoms with van der Waals surface area (Å²) in [5.74, 6) is 0.868. The summed E-state index contributed by atoms with van der Waals surface area (Å²) >= 11 is 0. The Morgan fingerprint density at radius 2 is 2.29 bits per heavy atom. The Bertz CT molecular complexity index is 317. The van der Waals surface area contributed by atoms with Gasteiger partial charge in [0.1, 0.15) is 5.75 Å². The monoisotopic (exact) mass is 215 g/mol. The fourth-order valence-electron chi connectivity index (χ4n) is 1.65. The molecular weight excluding hydrogens is 202 g/mol. The van der Waals surface area contributed by atoms with Crippen LogP contribution in [0.25, 0.3) is 0 Å². The molecule has 1 aromatic rings. The zero-order valence-electron chi connectivity index (χ0n) is 8.03. The van der Waals surface area contributed by atoms with E-state index in [2.05, 4.69) is 0 Å². The lowest BCUT2D eigenvalue weighted by atomic mass is 9.99. The first-order valence-corrected chi connectivity index (χ1v) is 4.32. The summed E-state index contributed by atoms with van der Waals surface area (Å²) in [7, 11) is 1.66. The third kappa shape index (κ3) is 1.85. The Morgan fingerprint density at radius 3 is 3.00 bits per heavy atom. The molecule has 1 aromatic carbocycles. The first-order valence-electron chi connectivity index (χ1n) is 4.32. The Kier molecular flexibility index (Phi) is 3.75. The van der Waals surface area contributed by atoms with Crippen molar-refractivity contribution in [2.24, 2.45) is 5.73 Å². The molecule has 1 heterocycles. The van der Waals surface area contributed by atoms with E-state index in [1.807, 2.05) is 18.2 Å². The number of hydrogen-bond acceptors (Lipinski definition) is 3. The van der Waals surface area contributed by atoms with E-state index in [1.54, 1.807) is 7.11 Å². The van der Waals surface area contributed by atoms with E-state index in [4.69, 9.17) is 15.2 Å². The highest BCUT2D eigenvalue weighted by Gasteiger charge is 2.19. The maximum absolute atomic E-state index is 5.89. The van der Waals surface area contributed by atoms with Gasteiger partial charge in [-0.05, 0) is 11.6 Å². The van der Waals surface area contributed by atoms with Crippen LogP contribution in [-0.4, -0.2) is 13.7 Å². The van der Waals surface area contributed by atoms with Crippen LogP contribution >= 0.6 is 12.4 Å². The molecule has 14 heavy (non-hydrogen) atoms. The summed E-state index contributed by atoms with van der Waals surface area (Å²) in [6.45, 7) is 1.20. The molecule has 1 aliphatic heterocycles. The Balaban J connectivity index is 0.000000980. The van der Waals surface area contributed by atoms with E-state index in [1.165, 1.54) is 0 Å². The lowest BCUT2D eigenvalue weighted by molar-refractivity contribution is 0.0903. The van der Waals surface area contributed by atoms with Crippen LogP contribution in [0.3, 0.4) is 0 Å². The second-order valence-electron chi connectivity index (χ2n) is 3.15. The number of benzene rings is 1. The normalized spacial score (nSPS) is 19.4. The standard InChI is InChI=1S/C10H13NO2.ClH/c1-12-10-4-2-3-7-8(10)5-13-6-9(7)11;/h2-4,9H,5-6,11H2,1H3;1H. The van der Waals surface area contributed by atoms with Crippen LogP contribution in [-0.2, 0) is 11.3 Å². The number of halogens is 1. The van der Waals surface area contributed by atoms with Crippen molar-refractivity contribution in [1.29, 1.82) is 0 Å². The van der Waals surface area contributed by atoms with Gasteiger partial charge in [-0.3, -0.25) is 0 Å². The van der Waals surface area contributed by atoms with Crippen molar-refractivity contribution in [2.45, 2.75) is 12.6 Å². The number of rotatable bonds is 1. The highest BCUT2D eigenvalue weighted by molar-refractivity contribution is 5.85. The maximum atomic E-state index is 5.89. The van der Waals surface area contributed by atoms with Crippen molar-refractivity contribution in [1.82, 2.24) is 0 Å². The van der Waals surface area contributed by atoms with Crippen molar-refractivity contribution in [2.75, 3.05) is 13.7 Å². The number of ether oxygens (including phenoxy) is 2. The zero-order valence-corrected chi connectivity index (χ0v) is 8.84. The van der Waals surface area contributed by atoms with Crippen LogP contribution in [0, 0.1) is 0 Å². The molecule has 1 atom stereocenters. The molecule has 0 aromatic heterocycles. The van der Waals surface area contributed by atoms with Crippen molar-refractivity contribution < 1.29 is 9.47 Å². The highest BCUT2D eigenvalue weighted by Crippen LogP contribution is 2.30. The molecule has 0 bridgehead atoms. The molecule has 2 N–H and O–H groups in total. The van der Waals surface area contributed by atoms with Crippen molar-refractivity contribution in [3.63, 3.8) is 0 Å². The molecule has 1 aliphatic rings. The molecule has 0 aliphatic carbocycles. The minimum Gasteiger partial charge on any atom is -0.496 e. The molecule has 1 unspecified atom stereocenters. The second kappa shape index (κ2) is 4.64. The lowest BCUT2D eigenvalue weighted by Gasteiger charge is -2.23. The summed E-state index contributed by atoms with van der Waals surface area (Å²) in [6, 6.07) is 5.91. The van der Waals surface area contributed by atoms with Crippen molar-refractivity contribution >= 4 is 12.4 Å². The van der Waals surface area contributed by atoms with Crippen LogP contribution in [0.4, 0.5) is 0 Å². The van der Waals surface area contributed by atoms with E-state index >= 15 is 0 Å². The number of nitrogens with two attached hydrogens (primary N) is 1. The molecule has 4 heteroatoms. The van der Waals surface area contributed by atoms with Crippen LogP contribution in [0.15, 0.2) is 18.2 Å². The van der Waals surface area contributed by atoms with Gasteiger partial charge in [-0.2, -0.15) is 0 Å². The summed E-state index contributed by atoms with van der Waals surface area (Å²) < 4.78 is 10.6. The van der Waals surface area contributed by atoms with E-state index in [-0.39, 0.29) is 18.4 Å². The molecule has 0 fully saturated rings. The smallest absolute Gasteiger partial charge is 0.124 e. The van der Waals surface area contributed by atoms with Crippen LogP contribution in [0.2, 0.25) is 0 Å². The van der Waals surface area contributed by atoms with Crippen LogP contribution in [0.1, 0.15) is 17.2 Å². The van der Waals surface area contributed by atoms with Gasteiger partial charge in [0, 0.05) is 5.56 Å². The fourth-order valence-corrected chi connectivity index (χ4v) is 1.65. The summed E-state index contributed by atoms with van der Waals surface area (Å²) in [5, 5.41) is 0. The first kappa shape index (κ1) is 11.3. The molecule has 78 valence electrons. The Morgan fingerprint density at radius 1 is 1.50 bits per heavy atom. The lowest BCUT2D eigenvalue weighted by Crippen LogP contribution is -2.23. The third-order valence-electron chi connectivity index (χ3n) is 2.33. The molecule has 2 rings (SSSR count). The molecule has 0 saturated carbocycles. The Hall–Kier alpha value is -0.770. The predicted octanol–water partition coefficient (Wildman–Crippen LogP) is 1.65. The van der Waals surface area contributed by atoms with Gasteiger partial charge < -0.3 is 15.2 Å². The molecule has 0 spiro atoms. The molecule has 0 saturated heterocycles. The SMILES string of the molecule is COc1cccc2c1COCC2N.Cl. The summed E-state index contributed by atoms with van der Waals surface area (Å²) in [6.07, 6.45) is 0. The van der Waals surface area contributed by atoms with Crippen molar-refractivity contribution in [3.8, 4) is 5.75 Å². The average Bonchev–Trinajstić information content (AvgIpc) is 2.18.